The quantitative estimate of drug-likeness (QED) is 0.793. The third kappa shape index (κ3) is 2.14. The molecule has 4 heteroatoms. The lowest BCUT2D eigenvalue weighted by Crippen LogP contribution is -2.62. The number of rotatable bonds is 2. The van der Waals surface area contributed by atoms with Crippen LogP contribution in [0.2, 0.25) is 0 Å². The Bertz CT molecular complexity index is 265. The first-order valence-corrected chi connectivity index (χ1v) is 8.26. The molecule has 0 amide bonds. The molecule has 0 radical (unpaired) electrons. The second kappa shape index (κ2) is 5.08. The highest BCUT2D eigenvalue weighted by atomic mass is 32.2. The van der Waals surface area contributed by atoms with Gasteiger partial charge in [-0.2, -0.15) is 11.8 Å². The average molecular weight is 255 g/mol. The van der Waals surface area contributed by atoms with Crippen LogP contribution in [-0.2, 0) is 0 Å². The minimum Gasteiger partial charge on any atom is -0.329 e. The lowest BCUT2D eigenvalue weighted by atomic mass is 9.77. The zero-order chi connectivity index (χ0) is 11.7. The van der Waals surface area contributed by atoms with Gasteiger partial charge in [0.2, 0.25) is 0 Å². The summed E-state index contributed by atoms with van der Waals surface area (Å²) < 4.78 is 0. The molecule has 3 saturated heterocycles. The lowest BCUT2D eigenvalue weighted by molar-refractivity contribution is 0.0131. The summed E-state index contributed by atoms with van der Waals surface area (Å²) in [5, 5.41) is 0. The Hall–Kier alpha value is 0.230. The topological polar surface area (TPSA) is 32.5 Å². The summed E-state index contributed by atoms with van der Waals surface area (Å²) in [6, 6.07) is 0. The first-order chi connectivity index (χ1) is 8.35. The molecule has 3 unspecified atom stereocenters. The summed E-state index contributed by atoms with van der Waals surface area (Å²) in [5.41, 5.74) is 6.58. The van der Waals surface area contributed by atoms with Crippen LogP contribution in [0.4, 0.5) is 0 Å². The predicted molar refractivity (Wildman–Crippen MR) is 74.5 cm³/mol. The van der Waals surface area contributed by atoms with Crippen molar-refractivity contribution in [2.75, 3.05) is 50.8 Å². The van der Waals surface area contributed by atoms with Crippen LogP contribution in [-0.4, -0.2) is 66.1 Å². The Kier molecular flexibility index (Phi) is 3.67. The molecule has 3 fully saturated rings. The van der Waals surface area contributed by atoms with E-state index in [0.717, 1.165) is 12.5 Å². The van der Waals surface area contributed by atoms with Crippen LogP contribution < -0.4 is 5.73 Å². The summed E-state index contributed by atoms with van der Waals surface area (Å²) in [6.07, 6.45) is 4.03. The molecule has 3 heterocycles. The van der Waals surface area contributed by atoms with E-state index in [1.165, 1.54) is 63.5 Å². The predicted octanol–water partition coefficient (Wildman–Crippen LogP) is 0.848. The Morgan fingerprint density at radius 3 is 3.00 bits per heavy atom. The molecule has 0 aliphatic carbocycles. The van der Waals surface area contributed by atoms with Crippen LogP contribution in [0, 0.1) is 5.92 Å². The number of fused-ring (bicyclic) bond motifs is 2. The van der Waals surface area contributed by atoms with Gasteiger partial charge in [-0.05, 0) is 50.6 Å². The molecule has 98 valence electrons. The number of hydrogen-bond acceptors (Lipinski definition) is 4. The van der Waals surface area contributed by atoms with Crippen molar-refractivity contribution in [3.8, 4) is 0 Å². The van der Waals surface area contributed by atoms with Crippen molar-refractivity contribution in [1.82, 2.24) is 9.80 Å². The van der Waals surface area contributed by atoms with Gasteiger partial charge in [-0.25, -0.2) is 0 Å². The molecule has 0 spiro atoms. The normalized spacial score (nSPS) is 43.6. The number of piperidine rings is 1. The molecule has 17 heavy (non-hydrogen) atoms. The molecule has 3 rings (SSSR count). The van der Waals surface area contributed by atoms with Gasteiger partial charge >= 0.3 is 0 Å². The van der Waals surface area contributed by atoms with Crippen LogP contribution in [0.15, 0.2) is 0 Å². The number of nitrogens with two attached hydrogens (primary N) is 1. The summed E-state index contributed by atoms with van der Waals surface area (Å²) in [5.74, 6) is 3.48. The number of nitrogens with zero attached hydrogens (tertiary/aromatic N) is 2. The molecular weight excluding hydrogens is 230 g/mol. The zero-order valence-corrected chi connectivity index (χ0v) is 11.6. The van der Waals surface area contributed by atoms with Gasteiger partial charge in [0.05, 0.1) is 0 Å². The van der Waals surface area contributed by atoms with Gasteiger partial charge < -0.3 is 10.6 Å². The van der Waals surface area contributed by atoms with Gasteiger partial charge in [0.25, 0.3) is 0 Å². The molecule has 3 atom stereocenters. The van der Waals surface area contributed by atoms with Crippen LogP contribution in [0.3, 0.4) is 0 Å². The van der Waals surface area contributed by atoms with Gasteiger partial charge in [0.15, 0.2) is 0 Å². The zero-order valence-electron chi connectivity index (χ0n) is 10.7. The van der Waals surface area contributed by atoms with E-state index in [0.29, 0.717) is 5.54 Å². The molecule has 2 bridgehead atoms. The van der Waals surface area contributed by atoms with Crippen molar-refractivity contribution in [1.29, 1.82) is 0 Å². The Balaban J connectivity index is 1.79. The highest BCUT2D eigenvalue weighted by molar-refractivity contribution is 7.99. The second-order valence-corrected chi connectivity index (χ2v) is 7.02. The minimum absolute atomic E-state index is 0.345. The van der Waals surface area contributed by atoms with E-state index >= 15 is 0 Å². The third-order valence-corrected chi connectivity index (χ3v) is 6.15. The largest absolute Gasteiger partial charge is 0.329 e. The maximum Gasteiger partial charge on any atom is 0.0384 e. The molecular formula is C13H25N3S. The maximum absolute atomic E-state index is 6.24. The summed E-state index contributed by atoms with van der Waals surface area (Å²) in [6.45, 7) is 7.31. The van der Waals surface area contributed by atoms with Crippen LogP contribution in [0.5, 0.6) is 0 Å². The lowest BCUT2D eigenvalue weighted by Gasteiger charge is -2.50. The van der Waals surface area contributed by atoms with E-state index in [2.05, 4.69) is 21.6 Å². The second-order valence-electron chi connectivity index (χ2n) is 5.80. The molecule has 0 aromatic heterocycles. The standard InChI is InChI=1S/C13H25N3S/c14-11-13(16-4-1-8-17-9-7-16)3-6-15-5-2-12(13)10-15/h12H,1-11,14H2. The van der Waals surface area contributed by atoms with Crippen LogP contribution in [0.1, 0.15) is 19.3 Å². The highest BCUT2D eigenvalue weighted by Gasteiger charge is 2.48. The van der Waals surface area contributed by atoms with E-state index in [1.54, 1.807) is 0 Å². The van der Waals surface area contributed by atoms with Gasteiger partial charge in [-0.15, -0.1) is 0 Å². The summed E-state index contributed by atoms with van der Waals surface area (Å²) in [7, 11) is 0. The van der Waals surface area contributed by atoms with Gasteiger partial charge in [0, 0.05) is 30.9 Å². The fourth-order valence-corrected chi connectivity index (χ4v) is 4.92. The Morgan fingerprint density at radius 2 is 2.12 bits per heavy atom. The fourth-order valence-electron chi connectivity index (χ4n) is 4.04. The first kappa shape index (κ1) is 12.3. The van der Waals surface area contributed by atoms with Crippen molar-refractivity contribution >= 4 is 11.8 Å². The smallest absolute Gasteiger partial charge is 0.0384 e. The van der Waals surface area contributed by atoms with E-state index in [9.17, 15) is 0 Å². The SMILES string of the molecule is NCC1(N2CCCSCC2)CCN2CCC1C2. The first-order valence-electron chi connectivity index (χ1n) is 7.10. The van der Waals surface area contributed by atoms with Crippen molar-refractivity contribution in [3.05, 3.63) is 0 Å². The maximum atomic E-state index is 6.24. The van der Waals surface area contributed by atoms with Crippen molar-refractivity contribution in [2.24, 2.45) is 11.7 Å². The van der Waals surface area contributed by atoms with E-state index < -0.39 is 0 Å². The molecule has 3 aliphatic heterocycles. The van der Waals surface area contributed by atoms with Gasteiger partial charge in [-0.1, -0.05) is 0 Å². The van der Waals surface area contributed by atoms with Crippen molar-refractivity contribution < 1.29 is 0 Å². The van der Waals surface area contributed by atoms with E-state index in [4.69, 9.17) is 5.73 Å². The molecule has 3 nitrogen and oxygen atoms in total. The Morgan fingerprint density at radius 1 is 1.18 bits per heavy atom. The number of thioether (sulfide) groups is 1. The van der Waals surface area contributed by atoms with Crippen LogP contribution >= 0.6 is 11.8 Å². The van der Waals surface area contributed by atoms with Crippen LogP contribution in [0.25, 0.3) is 0 Å². The molecule has 3 aliphatic rings. The van der Waals surface area contributed by atoms with Gasteiger partial charge in [0.1, 0.15) is 0 Å². The third-order valence-electron chi connectivity index (χ3n) is 5.10. The fraction of sp³-hybridized carbons (Fsp3) is 1.00. The summed E-state index contributed by atoms with van der Waals surface area (Å²) in [4.78, 5) is 5.39. The number of hydrogen-bond donors (Lipinski definition) is 1. The molecule has 0 aromatic rings. The average Bonchev–Trinajstić information content (AvgIpc) is 2.60. The van der Waals surface area contributed by atoms with E-state index in [-0.39, 0.29) is 0 Å². The summed E-state index contributed by atoms with van der Waals surface area (Å²) >= 11 is 2.12. The van der Waals surface area contributed by atoms with Crippen molar-refractivity contribution in [2.45, 2.75) is 24.8 Å². The molecule has 0 aromatic carbocycles. The molecule has 2 N–H and O–H groups in total. The minimum atomic E-state index is 0.345. The van der Waals surface area contributed by atoms with Crippen molar-refractivity contribution in [3.63, 3.8) is 0 Å². The van der Waals surface area contributed by atoms with E-state index in [1.807, 2.05) is 0 Å². The Labute approximate surface area is 109 Å². The van der Waals surface area contributed by atoms with Gasteiger partial charge in [-0.3, -0.25) is 4.90 Å². The monoisotopic (exact) mass is 255 g/mol. The highest BCUT2D eigenvalue weighted by Crippen LogP contribution is 2.40. The molecule has 0 saturated carbocycles.